The largest absolute Gasteiger partial charge is 0.586 e. The second-order valence-electron chi connectivity index (χ2n) is 12.9. The van der Waals surface area contributed by atoms with Crippen molar-refractivity contribution in [2.75, 3.05) is 26.8 Å². The van der Waals surface area contributed by atoms with Crippen LogP contribution in [0.15, 0.2) is 30.3 Å². The lowest BCUT2D eigenvalue weighted by atomic mass is 9.76. The van der Waals surface area contributed by atoms with Crippen LogP contribution < -0.4 is 29.0 Å². The summed E-state index contributed by atoms with van der Waals surface area (Å²) in [6, 6.07) is 7.77. The fraction of sp³-hybridized carbons (Fsp3) is 0.562. The summed E-state index contributed by atoms with van der Waals surface area (Å²) in [5.41, 5.74) is 0.0457. The molecule has 2 aromatic carbocycles. The monoisotopic (exact) mass is 630 g/mol. The number of nitrogens with zero attached hydrogens (tertiary/aromatic N) is 1. The number of alkyl halides is 2. The van der Waals surface area contributed by atoms with Gasteiger partial charge in [0.05, 0.1) is 25.4 Å². The molecular weight excluding hydrogens is 594 g/mol. The van der Waals surface area contributed by atoms with Crippen molar-refractivity contribution in [3.63, 3.8) is 0 Å². The summed E-state index contributed by atoms with van der Waals surface area (Å²) < 4.78 is 54.3. The fourth-order valence-corrected chi connectivity index (χ4v) is 7.31. The first kappa shape index (κ1) is 29.8. The Hall–Kier alpha value is -3.84. The first-order valence-corrected chi connectivity index (χ1v) is 15.3. The van der Waals surface area contributed by atoms with Gasteiger partial charge in [-0.3, -0.25) is 9.59 Å². The van der Waals surface area contributed by atoms with Crippen LogP contribution in [0.3, 0.4) is 0 Å². The summed E-state index contributed by atoms with van der Waals surface area (Å²) in [5, 5.41) is 22.9. The molecule has 0 spiro atoms. The molecule has 13 heteroatoms. The predicted octanol–water partition coefficient (Wildman–Crippen LogP) is 3.05. The summed E-state index contributed by atoms with van der Waals surface area (Å²) in [7, 11) is 1.57. The minimum absolute atomic E-state index is 0.0126. The summed E-state index contributed by atoms with van der Waals surface area (Å²) in [4.78, 5) is 28.6. The van der Waals surface area contributed by atoms with E-state index in [4.69, 9.17) is 14.2 Å². The summed E-state index contributed by atoms with van der Waals surface area (Å²) in [5.74, 6) is 0.791. The van der Waals surface area contributed by atoms with Crippen LogP contribution in [-0.4, -0.2) is 78.3 Å². The second-order valence-corrected chi connectivity index (χ2v) is 12.9. The zero-order chi connectivity index (χ0) is 31.7. The topological polar surface area (TPSA) is 136 Å². The Balaban J connectivity index is 1.07. The van der Waals surface area contributed by atoms with Gasteiger partial charge in [-0.2, -0.15) is 0 Å². The predicted molar refractivity (Wildman–Crippen MR) is 152 cm³/mol. The highest BCUT2D eigenvalue weighted by Crippen LogP contribution is 2.50. The van der Waals surface area contributed by atoms with Gasteiger partial charge in [0.1, 0.15) is 35.4 Å². The van der Waals surface area contributed by atoms with Crippen molar-refractivity contribution in [2.45, 2.75) is 75.1 Å². The zero-order valence-electron chi connectivity index (χ0n) is 25.0. The molecule has 5 aliphatic rings. The molecule has 1 aliphatic carbocycles. The summed E-state index contributed by atoms with van der Waals surface area (Å²) in [6.07, 6.45) is -2.54. The van der Waals surface area contributed by atoms with E-state index in [0.29, 0.717) is 36.3 Å². The third kappa shape index (κ3) is 5.29. The highest BCUT2D eigenvalue weighted by atomic mass is 19.3. The summed E-state index contributed by atoms with van der Waals surface area (Å²) >= 11 is 0. The molecule has 11 nitrogen and oxygen atoms in total. The molecule has 2 fully saturated rings. The number of amides is 2. The van der Waals surface area contributed by atoms with E-state index in [-0.39, 0.29) is 66.7 Å². The first-order chi connectivity index (χ1) is 21.4. The van der Waals surface area contributed by atoms with Crippen LogP contribution in [0.1, 0.15) is 56.2 Å². The van der Waals surface area contributed by atoms with Crippen molar-refractivity contribution in [1.29, 1.82) is 0 Å². The molecule has 242 valence electrons. The molecule has 0 aromatic heterocycles. The van der Waals surface area contributed by atoms with Gasteiger partial charge in [0.15, 0.2) is 11.5 Å². The SMILES string of the molecule is COc1ccc2c(c1)O[C@@H](C1CCC(C(=O)N3C[C@H](O)[C@@H](O)C3)CC1)C[C@H]2NC(=O)C1(C)COc2cc3c(cc21)OC(F)(F)O3. The molecular formula is C32H36F2N2O9. The Labute approximate surface area is 258 Å². The average Bonchev–Trinajstić information content (AvgIpc) is 3.65. The maximum Gasteiger partial charge on any atom is 0.586 e. The number of likely N-dealkylation sites (tertiary alicyclic amines) is 1. The van der Waals surface area contributed by atoms with Gasteiger partial charge in [-0.1, -0.05) is 0 Å². The normalized spacial score (nSPS) is 32.6. The summed E-state index contributed by atoms with van der Waals surface area (Å²) in [6.45, 7) is 2.02. The second kappa shape index (κ2) is 10.9. The third-order valence-electron chi connectivity index (χ3n) is 9.98. The van der Waals surface area contributed by atoms with Gasteiger partial charge in [0.25, 0.3) is 0 Å². The lowest BCUT2D eigenvalue weighted by Crippen LogP contribution is -2.47. The molecule has 1 saturated carbocycles. The van der Waals surface area contributed by atoms with E-state index < -0.39 is 30.0 Å². The maximum absolute atomic E-state index is 14.0. The van der Waals surface area contributed by atoms with Gasteiger partial charge in [-0.05, 0) is 56.7 Å². The molecule has 0 bridgehead atoms. The van der Waals surface area contributed by atoms with Gasteiger partial charge >= 0.3 is 6.29 Å². The van der Waals surface area contributed by atoms with E-state index in [1.165, 1.54) is 12.1 Å². The standard InChI is InChI=1S/C32H36F2N2O9/c1-31(15-42-26-12-28-27(10-20(26)31)44-32(33,34)45-28)30(40)35-21-11-24(43-25-9-18(41-2)7-8-19(21)25)16-3-5-17(6-4-16)29(39)36-13-22(37)23(38)14-36/h7-10,12,16-17,21-24,37-38H,3-6,11,13-15H2,1-2H3,(H,35,40)/t16?,17?,21-,22+,23+,24-,31?/m1/s1. The molecule has 7 rings (SSSR count). The number of hydrogen-bond acceptors (Lipinski definition) is 9. The van der Waals surface area contributed by atoms with Crippen LogP contribution in [0.5, 0.6) is 28.7 Å². The minimum Gasteiger partial charge on any atom is -0.497 e. The number of carbonyl (C=O) groups excluding carboxylic acids is 2. The lowest BCUT2D eigenvalue weighted by Gasteiger charge is -2.40. The molecule has 2 amide bonds. The smallest absolute Gasteiger partial charge is 0.497 e. The van der Waals surface area contributed by atoms with Crippen molar-refractivity contribution in [1.82, 2.24) is 10.2 Å². The Morgan fingerprint density at radius 3 is 2.36 bits per heavy atom. The number of halogens is 2. The average molecular weight is 631 g/mol. The number of ether oxygens (including phenoxy) is 5. The minimum atomic E-state index is -3.79. The molecule has 3 N–H and O–H groups in total. The molecule has 4 aliphatic heterocycles. The van der Waals surface area contributed by atoms with Crippen LogP contribution in [0.25, 0.3) is 0 Å². The quantitative estimate of drug-likeness (QED) is 0.456. The van der Waals surface area contributed by atoms with Gasteiger partial charge < -0.3 is 44.1 Å². The number of carbonyl (C=O) groups is 2. The number of rotatable bonds is 5. The zero-order valence-corrected chi connectivity index (χ0v) is 25.0. The number of nitrogens with one attached hydrogen (secondary N) is 1. The number of methoxy groups -OCH3 is 1. The Kier molecular flexibility index (Phi) is 7.23. The number of fused-ring (bicyclic) bond motifs is 3. The van der Waals surface area contributed by atoms with E-state index in [1.807, 2.05) is 6.07 Å². The Morgan fingerprint density at radius 1 is 0.978 bits per heavy atom. The van der Waals surface area contributed by atoms with Crippen LogP contribution in [-0.2, 0) is 15.0 Å². The van der Waals surface area contributed by atoms with E-state index in [2.05, 4.69) is 14.8 Å². The fourth-order valence-electron chi connectivity index (χ4n) is 7.31. The van der Waals surface area contributed by atoms with Crippen LogP contribution in [0, 0.1) is 11.8 Å². The number of aliphatic hydroxyl groups is 2. The molecule has 4 heterocycles. The molecule has 1 saturated heterocycles. The molecule has 5 atom stereocenters. The van der Waals surface area contributed by atoms with E-state index >= 15 is 0 Å². The number of β-amino-alcohol motifs (C(OH)–C–C–N with tert-alkyl or cyclic N) is 2. The molecule has 2 aromatic rings. The van der Waals surface area contributed by atoms with Gasteiger partial charge in [-0.25, -0.2) is 0 Å². The number of benzene rings is 2. The van der Waals surface area contributed by atoms with Crippen molar-refractivity contribution in [3.8, 4) is 28.7 Å². The van der Waals surface area contributed by atoms with E-state index in [1.54, 1.807) is 31.1 Å². The first-order valence-electron chi connectivity index (χ1n) is 15.3. The highest BCUT2D eigenvalue weighted by molar-refractivity contribution is 5.90. The van der Waals surface area contributed by atoms with Crippen LogP contribution in [0.4, 0.5) is 8.78 Å². The van der Waals surface area contributed by atoms with Crippen LogP contribution >= 0.6 is 0 Å². The van der Waals surface area contributed by atoms with E-state index in [9.17, 15) is 28.6 Å². The molecule has 0 radical (unpaired) electrons. The van der Waals surface area contributed by atoms with Crippen molar-refractivity contribution in [3.05, 3.63) is 41.5 Å². The molecule has 45 heavy (non-hydrogen) atoms. The van der Waals surface area contributed by atoms with Gasteiger partial charge in [0.2, 0.25) is 11.8 Å². The Bertz CT molecular complexity index is 1500. The van der Waals surface area contributed by atoms with E-state index in [0.717, 1.165) is 18.4 Å². The Morgan fingerprint density at radius 2 is 1.67 bits per heavy atom. The van der Waals surface area contributed by atoms with Gasteiger partial charge in [0, 0.05) is 48.7 Å². The van der Waals surface area contributed by atoms with Crippen molar-refractivity contribution in [2.24, 2.45) is 11.8 Å². The highest BCUT2D eigenvalue weighted by Gasteiger charge is 2.50. The third-order valence-corrected chi connectivity index (χ3v) is 9.98. The lowest BCUT2D eigenvalue weighted by molar-refractivity contribution is -0.286. The van der Waals surface area contributed by atoms with Crippen molar-refractivity contribution >= 4 is 11.8 Å². The number of aliphatic hydroxyl groups excluding tert-OH is 2. The van der Waals surface area contributed by atoms with Crippen molar-refractivity contribution < 1.29 is 52.3 Å². The van der Waals surface area contributed by atoms with Crippen LogP contribution in [0.2, 0.25) is 0 Å². The maximum atomic E-state index is 14.0. The van der Waals surface area contributed by atoms with Gasteiger partial charge in [-0.15, -0.1) is 8.78 Å². The molecule has 1 unspecified atom stereocenters. The number of hydrogen-bond donors (Lipinski definition) is 3.